The third kappa shape index (κ3) is 5.18. The van der Waals surface area contributed by atoms with Crippen LogP contribution in [0.3, 0.4) is 0 Å². The molecular formula is C19H28N2O6. The van der Waals surface area contributed by atoms with Gasteiger partial charge in [-0.15, -0.1) is 0 Å². The Morgan fingerprint density at radius 1 is 1.37 bits per heavy atom. The van der Waals surface area contributed by atoms with E-state index in [2.05, 4.69) is 0 Å². The van der Waals surface area contributed by atoms with Gasteiger partial charge in [-0.3, -0.25) is 9.59 Å². The molecule has 1 saturated heterocycles. The lowest BCUT2D eigenvalue weighted by molar-refractivity contribution is -0.144. The van der Waals surface area contributed by atoms with Crippen molar-refractivity contribution in [1.82, 2.24) is 4.90 Å². The van der Waals surface area contributed by atoms with E-state index < -0.39 is 17.4 Å². The lowest BCUT2D eigenvalue weighted by atomic mass is 9.74. The quantitative estimate of drug-likeness (QED) is 0.525. The highest BCUT2D eigenvalue weighted by atomic mass is 16.5. The topological polar surface area (TPSA) is 122 Å². The van der Waals surface area contributed by atoms with Gasteiger partial charge in [-0.2, -0.15) is 0 Å². The number of nitrogens with zero attached hydrogens (tertiary/aromatic N) is 1. The monoisotopic (exact) mass is 380 g/mol. The van der Waals surface area contributed by atoms with Crippen LogP contribution in [-0.2, 0) is 9.53 Å². The van der Waals surface area contributed by atoms with Crippen molar-refractivity contribution < 1.29 is 29.3 Å². The Morgan fingerprint density at radius 3 is 2.78 bits per heavy atom. The van der Waals surface area contributed by atoms with Crippen molar-refractivity contribution in [3.8, 4) is 5.75 Å². The number of carbonyl (C=O) groups excluding carboxylic acids is 2. The summed E-state index contributed by atoms with van der Waals surface area (Å²) in [5.41, 5.74) is 4.76. The van der Waals surface area contributed by atoms with Gasteiger partial charge in [0.1, 0.15) is 5.75 Å². The van der Waals surface area contributed by atoms with Crippen LogP contribution in [0.15, 0.2) is 24.3 Å². The molecule has 0 unspecified atom stereocenters. The lowest BCUT2D eigenvalue weighted by Crippen LogP contribution is -2.56. The Morgan fingerprint density at radius 2 is 2.11 bits per heavy atom. The minimum Gasteiger partial charge on any atom is -0.483 e. The molecule has 4 N–H and O–H groups in total. The minimum atomic E-state index is -0.766. The number of methoxy groups -OCH3 is 1. The molecule has 2 atom stereocenters. The van der Waals surface area contributed by atoms with Crippen molar-refractivity contribution >= 4 is 11.8 Å². The van der Waals surface area contributed by atoms with Crippen LogP contribution in [-0.4, -0.2) is 73.1 Å². The van der Waals surface area contributed by atoms with E-state index >= 15 is 0 Å². The molecule has 1 aromatic carbocycles. The average Bonchev–Trinajstić information content (AvgIpc) is 2.68. The zero-order valence-corrected chi connectivity index (χ0v) is 15.6. The molecule has 1 fully saturated rings. The summed E-state index contributed by atoms with van der Waals surface area (Å²) in [4.78, 5) is 25.6. The van der Waals surface area contributed by atoms with E-state index in [1.54, 1.807) is 30.2 Å². The third-order valence-electron chi connectivity index (χ3n) is 5.08. The maximum Gasteiger partial charge on any atom is 0.260 e. The molecular weight excluding hydrogens is 352 g/mol. The van der Waals surface area contributed by atoms with Gasteiger partial charge in [0.05, 0.1) is 18.3 Å². The fourth-order valence-corrected chi connectivity index (χ4v) is 3.44. The predicted molar refractivity (Wildman–Crippen MR) is 98.3 cm³/mol. The van der Waals surface area contributed by atoms with E-state index in [1.807, 2.05) is 0 Å². The summed E-state index contributed by atoms with van der Waals surface area (Å²) >= 11 is 0. The lowest BCUT2D eigenvalue weighted by Gasteiger charge is -2.45. The molecule has 2 rings (SSSR count). The van der Waals surface area contributed by atoms with Crippen LogP contribution >= 0.6 is 0 Å². The van der Waals surface area contributed by atoms with Crippen LogP contribution in [0.1, 0.15) is 29.6 Å². The first kappa shape index (κ1) is 21.1. The number of aliphatic hydroxyl groups excluding tert-OH is 2. The van der Waals surface area contributed by atoms with Gasteiger partial charge in [0.15, 0.2) is 6.61 Å². The smallest absolute Gasteiger partial charge is 0.260 e. The van der Waals surface area contributed by atoms with E-state index in [4.69, 9.17) is 15.2 Å². The number of primary amides is 1. The number of nitrogens with two attached hydrogens (primary N) is 1. The molecule has 1 aliphatic heterocycles. The van der Waals surface area contributed by atoms with Crippen molar-refractivity contribution in [3.05, 3.63) is 29.8 Å². The van der Waals surface area contributed by atoms with E-state index in [9.17, 15) is 19.8 Å². The number of likely N-dealkylation sites (tertiary alicyclic amines) is 1. The van der Waals surface area contributed by atoms with Gasteiger partial charge in [0, 0.05) is 32.2 Å². The van der Waals surface area contributed by atoms with Gasteiger partial charge in [0.25, 0.3) is 11.8 Å². The zero-order chi connectivity index (χ0) is 19.9. The number of benzene rings is 1. The molecule has 0 saturated carbocycles. The van der Waals surface area contributed by atoms with Crippen LogP contribution in [0, 0.1) is 5.41 Å². The van der Waals surface area contributed by atoms with Crippen molar-refractivity contribution in [2.45, 2.75) is 25.4 Å². The van der Waals surface area contributed by atoms with Gasteiger partial charge in [-0.1, -0.05) is 12.1 Å². The van der Waals surface area contributed by atoms with Crippen molar-refractivity contribution in [2.24, 2.45) is 11.1 Å². The highest BCUT2D eigenvalue weighted by Gasteiger charge is 2.43. The molecule has 8 heteroatoms. The fourth-order valence-electron chi connectivity index (χ4n) is 3.44. The van der Waals surface area contributed by atoms with Gasteiger partial charge in [-0.05, 0) is 31.4 Å². The van der Waals surface area contributed by atoms with E-state index in [-0.39, 0.29) is 37.0 Å². The third-order valence-corrected chi connectivity index (χ3v) is 5.08. The summed E-state index contributed by atoms with van der Waals surface area (Å²) < 4.78 is 10.6. The molecule has 0 radical (unpaired) electrons. The van der Waals surface area contributed by atoms with Crippen LogP contribution in [0.4, 0.5) is 0 Å². The normalized spacial score (nSPS) is 22.5. The first-order chi connectivity index (χ1) is 12.9. The summed E-state index contributed by atoms with van der Waals surface area (Å²) in [7, 11) is 1.60. The fraction of sp³-hybridized carbons (Fsp3) is 0.579. The Hall–Kier alpha value is -2.16. The Labute approximate surface area is 158 Å². The molecule has 0 bridgehead atoms. The molecule has 27 heavy (non-hydrogen) atoms. The summed E-state index contributed by atoms with van der Waals surface area (Å²) in [6.07, 6.45) is 0.934. The highest BCUT2D eigenvalue weighted by Crippen LogP contribution is 2.35. The summed E-state index contributed by atoms with van der Waals surface area (Å²) in [5.74, 6) is -0.647. The number of rotatable bonds is 9. The number of piperidine rings is 1. The van der Waals surface area contributed by atoms with Crippen molar-refractivity contribution in [2.75, 3.05) is 40.0 Å². The van der Waals surface area contributed by atoms with Crippen LogP contribution in [0.2, 0.25) is 0 Å². The average molecular weight is 380 g/mol. The molecule has 1 aromatic rings. The molecule has 150 valence electrons. The second-order valence-corrected chi connectivity index (χ2v) is 6.89. The van der Waals surface area contributed by atoms with Gasteiger partial charge in [-0.25, -0.2) is 0 Å². The van der Waals surface area contributed by atoms with Crippen molar-refractivity contribution in [3.63, 3.8) is 0 Å². The molecule has 1 aliphatic rings. The zero-order valence-electron chi connectivity index (χ0n) is 15.6. The molecule has 0 spiro atoms. The largest absolute Gasteiger partial charge is 0.483 e. The Balaban J connectivity index is 2.01. The summed E-state index contributed by atoms with van der Waals surface area (Å²) in [6.45, 7) is 0.684. The summed E-state index contributed by atoms with van der Waals surface area (Å²) in [6, 6.07) is 6.47. The first-order valence-corrected chi connectivity index (χ1v) is 9.01. The minimum absolute atomic E-state index is 0.212. The van der Waals surface area contributed by atoms with Gasteiger partial charge >= 0.3 is 0 Å². The Kier molecular flexibility index (Phi) is 7.58. The number of carbonyl (C=O) groups is 2. The number of hydrogen-bond acceptors (Lipinski definition) is 6. The molecule has 2 amide bonds. The second-order valence-electron chi connectivity index (χ2n) is 6.89. The van der Waals surface area contributed by atoms with Crippen LogP contribution in [0.25, 0.3) is 0 Å². The Bertz CT molecular complexity index is 653. The van der Waals surface area contributed by atoms with Crippen LogP contribution in [0.5, 0.6) is 5.75 Å². The predicted octanol–water partition coefficient (Wildman–Crippen LogP) is 0.163. The molecule has 0 aromatic heterocycles. The number of hydrogen-bond donors (Lipinski definition) is 3. The van der Waals surface area contributed by atoms with Gasteiger partial charge in [0.2, 0.25) is 0 Å². The molecule has 0 aliphatic carbocycles. The maximum atomic E-state index is 12.6. The number of amides is 2. The first-order valence-electron chi connectivity index (χ1n) is 9.01. The van der Waals surface area contributed by atoms with Crippen LogP contribution < -0.4 is 10.5 Å². The number of aliphatic hydroxyl groups is 2. The molecule has 8 nitrogen and oxygen atoms in total. The van der Waals surface area contributed by atoms with Gasteiger partial charge < -0.3 is 30.3 Å². The SMILES string of the molecule is COCCC[C@@]1(CO)CN(C(=O)COc2ccccc2C(N)=O)CC[C@H]1O. The second kappa shape index (κ2) is 9.68. The summed E-state index contributed by atoms with van der Waals surface area (Å²) in [5, 5.41) is 20.3. The van der Waals surface area contributed by atoms with E-state index in [0.29, 0.717) is 32.4 Å². The van der Waals surface area contributed by atoms with E-state index in [0.717, 1.165) is 0 Å². The number of ether oxygens (including phenoxy) is 2. The van der Waals surface area contributed by atoms with Crippen molar-refractivity contribution in [1.29, 1.82) is 0 Å². The molecule has 1 heterocycles. The standard InChI is InChI=1S/C19H28N2O6/c1-26-10-4-8-19(13-22)12-21(9-7-16(19)23)17(24)11-27-15-6-3-2-5-14(15)18(20)25/h2-3,5-6,16,22-23H,4,7-13H2,1H3,(H2,20,25)/t16-,19+/m1/s1. The number of para-hydroxylation sites is 1. The highest BCUT2D eigenvalue weighted by molar-refractivity contribution is 5.95. The maximum absolute atomic E-state index is 12.6. The van der Waals surface area contributed by atoms with E-state index in [1.165, 1.54) is 6.07 Å².